The molecule has 1 fully saturated rings. The van der Waals surface area contributed by atoms with Crippen LogP contribution in [0.2, 0.25) is 5.02 Å². The van der Waals surface area contributed by atoms with Crippen molar-refractivity contribution in [2.24, 2.45) is 12.0 Å². The first-order valence-electron chi connectivity index (χ1n) is 31.8. The van der Waals surface area contributed by atoms with Crippen molar-refractivity contribution in [3.8, 4) is 17.2 Å². The molecule has 1 aliphatic heterocycles. The highest BCUT2D eigenvalue weighted by molar-refractivity contribution is 8.00. The number of hydrogen-bond donors (Lipinski definition) is 0. The zero-order valence-corrected chi connectivity index (χ0v) is 60.9. The van der Waals surface area contributed by atoms with Gasteiger partial charge in [0.2, 0.25) is 0 Å². The van der Waals surface area contributed by atoms with Crippen LogP contribution in [0.1, 0.15) is 208 Å². The van der Waals surface area contributed by atoms with Gasteiger partial charge in [-0.3, -0.25) is 9.79 Å². The summed E-state index contributed by atoms with van der Waals surface area (Å²) in [5.74, 6) is 3.87. The molecule has 88 heavy (non-hydrogen) atoms. The molecule has 1 saturated carbocycles. The van der Waals surface area contributed by atoms with E-state index in [1.54, 1.807) is 25.9 Å². The number of carbonyl (C=O) groups excluding carboxylic acids is 1. The molecule has 1 aliphatic carbocycles. The van der Waals surface area contributed by atoms with Gasteiger partial charge in [0.1, 0.15) is 47.1 Å². The van der Waals surface area contributed by atoms with Crippen molar-refractivity contribution in [3.05, 3.63) is 183 Å². The number of nitrogens with zero attached hydrogens (tertiary/aromatic N) is 3. The molecule has 5 aromatic rings. The quantitative estimate of drug-likeness (QED) is 0.0299. The zero-order chi connectivity index (χ0) is 67.5. The predicted molar refractivity (Wildman–Crippen MR) is 387 cm³/mol. The van der Waals surface area contributed by atoms with Gasteiger partial charge in [-0.15, -0.1) is 24.9 Å². The van der Waals surface area contributed by atoms with Crippen LogP contribution in [0, 0.1) is 20.8 Å². The number of thioether (sulfide) groups is 1. The number of hydrogen-bond acceptors (Lipinski definition) is 9. The van der Waals surface area contributed by atoms with E-state index < -0.39 is 5.60 Å². The highest BCUT2D eigenvalue weighted by Gasteiger charge is 2.37. The molecule has 9 nitrogen and oxygen atoms in total. The van der Waals surface area contributed by atoms with Gasteiger partial charge in [0.25, 0.3) is 0 Å². The van der Waals surface area contributed by atoms with Gasteiger partial charge in [0, 0.05) is 43.0 Å². The van der Waals surface area contributed by atoms with Gasteiger partial charge in [-0.25, -0.2) is 4.98 Å². The lowest BCUT2D eigenvalue weighted by molar-refractivity contribution is -0.142. The number of halogens is 1. The summed E-state index contributed by atoms with van der Waals surface area (Å²) in [6, 6.07) is 21.4. The van der Waals surface area contributed by atoms with Crippen LogP contribution in [0.4, 0.5) is 0 Å². The maximum absolute atomic E-state index is 12.8. The van der Waals surface area contributed by atoms with Crippen LogP contribution in [0.15, 0.2) is 149 Å². The first-order chi connectivity index (χ1) is 41.9. The average molecular weight is 1250 g/mol. The van der Waals surface area contributed by atoms with Gasteiger partial charge in [-0.05, 0) is 229 Å². The number of rotatable bonds is 17. The fourth-order valence-electron chi connectivity index (χ4n) is 8.42. The lowest BCUT2D eigenvalue weighted by Gasteiger charge is -2.39. The molecule has 0 saturated heterocycles. The summed E-state index contributed by atoms with van der Waals surface area (Å²) in [6.07, 6.45) is 18.4. The Morgan fingerprint density at radius 3 is 1.86 bits per heavy atom. The highest BCUT2D eigenvalue weighted by Crippen LogP contribution is 2.47. The van der Waals surface area contributed by atoms with Gasteiger partial charge < -0.3 is 28.3 Å². The predicted octanol–water partition coefficient (Wildman–Crippen LogP) is 22.8. The normalized spacial score (nSPS) is 13.9. The van der Waals surface area contributed by atoms with Gasteiger partial charge in [0.15, 0.2) is 0 Å². The summed E-state index contributed by atoms with van der Waals surface area (Å²) >= 11 is 7.53. The molecule has 7 rings (SSSR count). The lowest BCUT2D eigenvalue weighted by Crippen LogP contribution is -2.42. The minimum Gasteiger partial charge on any atom is -0.489 e. The Bertz CT molecular complexity index is 2910. The van der Waals surface area contributed by atoms with E-state index in [1.165, 1.54) is 70.8 Å². The van der Waals surface area contributed by atoms with Crippen LogP contribution in [0.3, 0.4) is 0 Å². The van der Waals surface area contributed by atoms with Crippen molar-refractivity contribution < 1.29 is 28.5 Å². The SMILES string of the molecule is C/C=C\C.C=C(C)/C=C\C(N=C(C)CC)=C(C)C.C=C(C)C.C=CC.CC.CC.CCC.CCOC(=O)C(Cc1ccc(OCc2nc3ccc(OCC4(C)CCc5c(C)c(C6CCC6)c(C)c(C)c5O4)cc3n2C)cc1)Sc1ccc(Cl)cc1.COC. The van der Waals surface area contributed by atoms with Gasteiger partial charge in [0.05, 0.1) is 23.3 Å². The molecule has 2 unspecified atom stereocenters. The minimum absolute atomic E-state index is 0.233. The number of fused-ring (bicyclic) bond motifs is 2. The largest absolute Gasteiger partial charge is 0.489 e. The summed E-state index contributed by atoms with van der Waals surface area (Å²) in [7, 11) is 5.25. The van der Waals surface area contributed by atoms with Gasteiger partial charge in [-0.1, -0.05) is 133 Å². The monoisotopic (exact) mass is 1250 g/mol. The Morgan fingerprint density at radius 2 is 1.39 bits per heavy atom. The number of esters is 1. The summed E-state index contributed by atoms with van der Waals surface area (Å²) in [5.41, 5.74) is 15.2. The summed E-state index contributed by atoms with van der Waals surface area (Å²) in [4.78, 5) is 23.1. The van der Waals surface area contributed by atoms with Crippen molar-refractivity contribution in [2.75, 3.05) is 27.4 Å². The van der Waals surface area contributed by atoms with E-state index in [0.717, 1.165) is 80.8 Å². The van der Waals surface area contributed by atoms with E-state index in [-0.39, 0.29) is 11.2 Å². The fraction of sp³-hybridized carbons (Fsp3) is 0.494. The van der Waals surface area contributed by atoms with Gasteiger partial charge >= 0.3 is 5.97 Å². The molecule has 2 aliphatic rings. The molecular weight excluding hydrogens is 1130 g/mol. The Kier molecular flexibility index (Phi) is 45.7. The fourth-order valence-corrected chi connectivity index (χ4v) is 9.60. The standard InChI is InChI=1S/C44H49ClN2O5S.C13H21N.2C4H8.C3H8.C3H6.C2H6O.2C2H6/c1-7-49-43(48)39(53-35-18-13-32(45)14-19-35)23-30-11-15-33(16-12-30)50-25-40-46-37-20-17-34(24-38(37)47(40)6)51-26-44(5)22-21-36-29(4)41(31-9-8-10-31)27(2)28(3)42(36)52-44;1-7-12(6)14-13(11(4)5)9-8-10(2)3;1-4(2)3;1-3-4-2;3*1-3-2;2*1-2/h11-20,24,31,39H,7-10,21-23,25-26H2,1-6H3;8-9H,2,7H2,1,3-6H3;1H2,2-3H3;3-4H,1-2H3;3H2,1-2H3;3H,1H2,2H3;1-2H3;2*1-2H3/b;9-8-,14-12?;;4-3-;;;;;. The van der Waals surface area contributed by atoms with Crippen molar-refractivity contribution in [2.45, 2.75) is 225 Å². The third-order valence-electron chi connectivity index (χ3n) is 13.2. The lowest BCUT2D eigenvalue weighted by atomic mass is 9.73. The highest BCUT2D eigenvalue weighted by atomic mass is 35.5. The van der Waals surface area contributed by atoms with Gasteiger partial charge in [-0.2, -0.15) is 0 Å². The number of allylic oxidation sites excluding steroid dienone is 8. The first-order valence-corrected chi connectivity index (χ1v) is 33.1. The van der Waals surface area contributed by atoms with E-state index in [1.807, 2.05) is 174 Å². The number of aryl methyl sites for hydroxylation is 1. The van der Waals surface area contributed by atoms with Crippen LogP contribution < -0.4 is 14.2 Å². The molecule has 2 heterocycles. The van der Waals surface area contributed by atoms with Crippen LogP contribution in [0.5, 0.6) is 17.2 Å². The number of methoxy groups -OCH3 is 1. The third kappa shape index (κ3) is 31.4. The van der Waals surface area contributed by atoms with E-state index in [2.05, 4.69) is 103 Å². The average Bonchev–Trinajstić information content (AvgIpc) is 1.27. The van der Waals surface area contributed by atoms with Crippen molar-refractivity contribution >= 4 is 46.1 Å². The smallest absolute Gasteiger partial charge is 0.319 e. The summed E-state index contributed by atoms with van der Waals surface area (Å²) in [5, 5.41) is 0.280. The molecule has 0 spiro atoms. The van der Waals surface area contributed by atoms with Crippen LogP contribution in [-0.2, 0) is 40.8 Å². The van der Waals surface area contributed by atoms with E-state index in [9.17, 15) is 4.79 Å². The molecule has 11 heteroatoms. The Morgan fingerprint density at radius 1 is 0.841 bits per heavy atom. The van der Waals surface area contributed by atoms with Crippen molar-refractivity contribution in [3.63, 3.8) is 0 Å². The maximum atomic E-state index is 12.8. The number of ether oxygens (including phenoxy) is 5. The van der Waals surface area contributed by atoms with E-state index in [0.29, 0.717) is 37.2 Å². The number of benzene rings is 4. The molecule has 0 radical (unpaired) electrons. The molecule has 0 amide bonds. The molecule has 4 aromatic carbocycles. The Hall–Kier alpha value is -6.07. The second-order valence-electron chi connectivity index (χ2n) is 21.9. The molecular formula is C77H118ClN3O6S. The number of aliphatic imine (C=N–C) groups is 1. The molecule has 2 atom stereocenters. The second-order valence-corrected chi connectivity index (χ2v) is 23.6. The third-order valence-corrected chi connectivity index (χ3v) is 14.7. The first kappa shape index (κ1) is 84.0. The van der Waals surface area contributed by atoms with E-state index in [4.69, 9.17) is 35.5 Å². The molecule has 0 N–H and O–H groups in total. The molecule has 1 aromatic heterocycles. The Balaban J connectivity index is 0. The van der Waals surface area contributed by atoms with Crippen molar-refractivity contribution in [1.82, 2.24) is 9.55 Å². The maximum Gasteiger partial charge on any atom is 0.319 e. The summed E-state index contributed by atoms with van der Waals surface area (Å²) < 4.78 is 31.1. The van der Waals surface area contributed by atoms with E-state index >= 15 is 0 Å². The number of carbonyl (C=O) groups is 1. The van der Waals surface area contributed by atoms with Crippen molar-refractivity contribution in [1.29, 1.82) is 0 Å². The molecule has 490 valence electrons. The number of imidazole rings is 1. The van der Waals surface area contributed by atoms with Crippen LogP contribution in [0.25, 0.3) is 11.0 Å². The topological polar surface area (TPSA) is 93.4 Å². The number of aromatic nitrogens is 2. The summed E-state index contributed by atoms with van der Waals surface area (Å²) in [6.45, 7) is 55.0. The second kappa shape index (κ2) is 47.9. The Labute approximate surface area is 546 Å². The molecule has 0 bridgehead atoms. The van der Waals surface area contributed by atoms with Crippen LogP contribution >= 0.6 is 23.4 Å². The van der Waals surface area contributed by atoms with Crippen LogP contribution in [-0.4, -0.2) is 59.5 Å². The zero-order valence-electron chi connectivity index (χ0n) is 59.4. The minimum atomic E-state index is -0.417.